The third-order valence-electron chi connectivity index (χ3n) is 9.67. The zero-order valence-corrected chi connectivity index (χ0v) is 27.3. The van der Waals surface area contributed by atoms with Crippen molar-refractivity contribution in [2.75, 3.05) is 0 Å². The molecule has 0 bridgehead atoms. The van der Waals surface area contributed by atoms with Gasteiger partial charge in [0.1, 0.15) is 0 Å². The van der Waals surface area contributed by atoms with Crippen molar-refractivity contribution in [2.45, 2.75) is 0 Å². The lowest BCUT2D eigenvalue weighted by atomic mass is 9.91. The van der Waals surface area contributed by atoms with E-state index < -0.39 is 0 Å². The average molecular weight is 641 g/mol. The van der Waals surface area contributed by atoms with E-state index in [1.165, 1.54) is 59.3 Å². The second-order valence-corrected chi connectivity index (χ2v) is 13.5. The first-order valence-electron chi connectivity index (χ1n) is 16.6. The molecule has 0 N–H and O–H groups in total. The summed E-state index contributed by atoms with van der Waals surface area (Å²) in [5.41, 5.74) is 8.89. The van der Waals surface area contributed by atoms with Crippen molar-refractivity contribution in [2.24, 2.45) is 0 Å². The molecule has 49 heavy (non-hydrogen) atoms. The minimum atomic E-state index is 0.746. The molecule has 3 heteroatoms. The van der Waals surface area contributed by atoms with Crippen molar-refractivity contribution in [3.05, 3.63) is 170 Å². The fourth-order valence-electron chi connectivity index (χ4n) is 7.35. The molecular formula is C46H28N2S. The first-order chi connectivity index (χ1) is 24.3. The normalized spacial score (nSPS) is 11.7. The van der Waals surface area contributed by atoms with Crippen LogP contribution in [0.25, 0.3) is 97.5 Å². The van der Waals surface area contributed by atoms with E-state index in [4.69, 9.17) is 9.97 Å². The third kappa shape index (κ3) is 4.55. The highest BCUT2D eigenvalue weighted by Crippen LogP contribution is 2.44. The molecule has 0 unspecified atom stereocenters. The molecule has 2 nitrogen and oxygen atoms in total. The quantitative estimate of drug-likeness (QED) is 0.179. The van der Waals surface area contributed by atoms with Crippen LogP contribution in [-0.4, -0.2) is 9.97 Å². The van der Waals surface area contributed by atoms with E-state index in [1.54, 1.807) is 11.3 Å². The Morgan fingerprint density at radius 1 is 0.327 bits per heavy atom. The largest absolute Gasteiger partial charge is 0.226 e. The molecule has 2 heterocycles. The minimum Gasteiger partial charge on any atom is -0.226 e. The maximum absolute atomic E-state index is 5.19. The summed E-state index contributed by atoms with van der Waals surface area (Å²) >= 11 is 1.79. The topological polar surface area (TPSA) is 25.8 Å². The van der Waals surface area contributed by atoms with Crippen LogP contribution < -0.4 is 0 Å². The van der Waals surface area contributed by atoms with Gasteiger partial charge in [-0.15, -0.1) is 11.3 Å². The molecular weight excluding hydrogens is 613 g/mol. The summed E-state index contributed by atoms with van der Waals surface area (Å²) < 4.78 is 2.33. The zero-order valence-electron chi connectivity index (χ0n) is 26.5. The van der Waals surface area contributed by atoms with Crippen LogP contribution in [0.4, 0.5) is 0 Å². The van der Waals surface area contributed by atoms with Crippen molar-refractivity contribution >= 4 is 64.0 Å². The maximum Gasteiger partial charge on any atom is 0.160 e. The molecule has 0 fully saturated rings. The van der Waals surface area contributed by atoms with Crippen LogP contribution in [-0.2, 0) is 0 Å². The Morgan fingerprint density at radius 2 is 0.857 bits per heavy atom. The molecule has 0 atom stereocenters. The fraction of sp³-hybridized carbons (Fsp3) is 0. The van der Waals surface area contributed by atoms with Gasteiger partial charge in [-0.1, -0.05) is 158 Å². The highest BCUT2D eigenvalue weighted by atomic mass is 32.1. The van der Waals surface area contributed by atoms with Crippen molar-refractivity contribution < 1.29 is 0 Å². The van der Waals surface area contributed by atoms with E-state index in [1.807, 2.05) is 18.2 Å². The van der Waals surface area contributed by atoms with Crippen LogP contribution in [0.15, 0.2) is 170 Å². The number of nitrogens with zero attached hydrogens (tertiary/aromatic N) is 2. The molecule has 0 spiro atoms. The fourth-order valence-corrected chi connectivity index (χ4v) is 8.64. The number of hydrogen-bond donors (Lipinski definition) is 0. The van der Waals surface area contributed by atoms with Gasteiger partial charge in [-0.25, -0.2) is 9.97 Å². The Bertz CT molecular complexity index is 2840. The van der Waals surface area contributed by atoms with Crippen LogP contribution in [0.5, 0.6) is 0 Å². The first-order valence-corrected chi connectivity index (χ1v) is 17.4. The highest BCUT2D eigenvalue weighted by molar-refractivity contribution is 7.26. The summed E-state index contributed by atoms with van der Waals surface area (Å²) in [4.78, 5) is 10.4. The molecule has 10 rings (SSSR count). The van der Waals surface area contributed by atoms with Gasteiger partial charge >= 0.3 is 0 Å². The van der Waals surface area contributed by atoms with E-state index in [-0.39, 0.29) is 0 Å². The van der Waals surface area contributed by atoms with Gasteiger partial charge in [0.2, 0.25) is 0 Å². The van der Waals surface area contributed by atoms with Crippen molar-refractivity contribution in [1.82, 2.24) is 9.97 Å². The Labute approximate surface area is 287 Å². The molecule has 0 aliphatic carbocycles. The molecule has 2 aromatic heterocycles. The number of benzene rings is 8. The Morgan fingerprint density at radius 3 is 1.57 bits per heavy atom. The summed E-state index contributed by atoms with van der Waals surface area (Å²) in [6, 6.07) is 60.8. The van der Waals surface area contributed by atoms with Gasteiger partial charge in [-0.3, -0.25) is 0 Å². The molecule has 8 aromatic carbocycles. The average Bonchev–Trinajstić information content (AvgIpc) is 3.57. The molecule has 228 valence electrons. The van der Waals surface area contributed by atoms with E-state index in [0.717, 1.165) is 38.2 Å². The predicted molar refractivity (Wildman–Crippen MR) is 209 cm³/mol. The number of thiophene rings is 1. The predicted octanol–water partition coefficient (Wildman–Crippen LogP) is 13.0. The van der Waals surface area contributed by atoms with Gasteiger partial charge in [0.15, 0.2) is 5.82 Å². The molecule has 0 saturated heterocycles. The van der Waals surface area contributed by atoms with Gasteiger partial charge in [0, 0.05) is 21.2 Å². The van der Waals surface area contributed by atoms with E-state index >= 15 is 0 Å². The second kappa shape index (κ2) is 11.2. The van der Waals surface area contributed by atoms with Crippen LogP contribution in [0.1, 0.15) is 0 Å². The minimum absolute atomic E-state index is 0.746. The zero-order chi connectivity index (χ0) is 32.3. The molecule has 0 amide bonds. The number of aromatic nitrogens is 2. The smallest absolute Gasteiger partial charge is 0.160 e. The summed E-state index contributed by atoms with van der Waals surface area (Å²) in [6.45, 7) is 0. The lowest BCUT2D eigenvalue weighted by molar-refractivity contribution is 1.24. The summed E-state index contributed by atoms with van der Waals surface area (Å²) in [5.74, 6) is 0.746. The van der Waals surface area contributed by atoms with Gasteiger partial charge in [0.25, 0.3) is 0 Å². The summed E-state index contributed by atoms with van der Waals surface area (Å²) in [6.07, 6.45) is 0. The van der Waals surface area contributed by atoms with Gasteiger partial charge < -0.3 is 0 Å². The summed E-state index contributed by atoms with van der Waals surface area (Å²) in [5, 5.41) is 8.90. The van der Waals surface area contributed by atoms with E-state index in [9.17, 15) is 0 Å². The molecule has 0 saturated carbocycles. The Kier molecular flexibility index (Phi) is 6.39. The first kappa shape index (κ1) is 27.9. The lowest BCUT2D eigenvalue weighted by Gasteiger charge is -2.12. The number of rotatable bonds is 4. The number of fused-ring (bicyclic) bond motifs is 9. The van der Waals surface area contributed by atoms with Gasteiger partial charge in [-0.2, -0.15) is 0 Å². The van der Waals surface area contributed by atoms with Crippen LogP contribution in [0.2, 0.25) is 0 Å². The van der Waals surface area contributed by atoms with Crippen LogP contribution >= 0.6 is 11.3 Å². The Balaban J connectivity index is 1.16. The van der Waals surface area contributed by atoms with E-state index in [2.05, 4.69) is 152 Å². The van der Waals surface area contributed by atoms with Crippen molar-refractivity contribution in [1.29, 1.82) is 0 Å². The molecule has 0 aliphatic rings. The van der Waals surface area contributed by atoms with Crippen LogP contribution in [0.3, 0.4) is 0 Å². The molecule has 10 aromatic rings. The lowest BCUT2D eigenvalue weighted by Crippen LogP contribution is -1.93. The van der Waals surface area contributed by atoms with E-state index in [0.29, 0.717) is 0 Å². The highest BCUT2D eigenvalue weighted by Gasteiger charge is 2.19. The second-order valence-electron chi connectivity index (χ2n) is 12.5. The van der Waals surface area contributed by atoms with Gasteiger partial charge in [0.05, 0.1) is 15.9 Å². The van der Waals surface area contributed by atoms with Crippen molar-refractivity contribution in [3.8, 4) is 44.9 Å². The Hall–Kier alpha value is -6.16. The van der Waals surface area contributed by atoms with Crippen molar-refractivity contribution in [3.63, 3.8) is 0 Å². The van der Waals surface area contributed by atoms with Crippen LogP contribution in [0, 0.1) is 0 Å². The SMILES string of the molecule is c1ccc(-c2nc(-c3ccccc3)c3sc4c(-c5cccc(-c6ccc7c8ccccc8c8ccccc8c7c6)c5)cccc4c3n2)cc1. The van der Waals surface area contributed by atoms with Gasteiger partial charge in [-0.05, 0) is 66.7 Å². The number of hydrogen-bond acceptors (Lipinski definition) is 3. The summed E-state index contributed by atoms with van der Waals surface area (Å²) in [7, 11) is 0. The molecule has 0 aliphatic heterocycles. The molecule has 0 radical (unpaired) electrons. The third-order valence-corrected chi connectivity index (χ3v) is 10.9. The maximum atomic E-state index is 5.19. The standard InChI is InChI=1S/C46H28N2S/c1-3-13-29(14-4-1)42-45-43(48-46(47-42)30-15-5-2-6-16-30)40-24-12-23-34(44(40)49-45)33-18-11-17-31(27-33)32-25-26-39-37-21-8-7-19-35(37)36-20-9-10-22-38(36)41(39)28-32/h1-28H. The monoisotopic (exact) mass is 640 g/mol.